The lowest BCUT2D eigenvalue weighted by Crippen LogP contribution is -1.98. The topological polar surface area (TPSA) is 78.9 Å². The van der Waals surface area contributed by atoms with Crippen molar-refractivity contribution in [3.05, 3.63) is 30.6 Å². The lowest BCUT2D eigenvalue weighted by atomic mass is 10.1. The van der Waals surface area contributed by atoms with Crippen molar-refractivity contribution >= 4 is 16.9 Å². The Bertz CT molecular complexity index is 750. The Morgan fingerprint density at radius 3 is 2.74 bits per heavy atom. The average molecular weight is 255 g/mol. The van der Waals surface area contributed by atoms with Crippen LogP contribution in [0.15, 0.2) is 30.6 Å². The molecule has 6 heteroatoms. The number of hydrogen-bond acceptors (Lipinski definition) is 5. The quantitative estimate of drug-likeness (QED) is 0.752. The Balaban J connectivity index is 2.14. The Labute approximate surface area is 109 Å². The van der Waals surface area contributed by atoms with Crippen LogP contribution in [0.25, 0.3) is 22.2 Å². The molecule has 6 nitrogen and oxygen atoms in total. The number of hydrogen-bond donors (Lipinski definition) is 1. The highest BCUT2D eigenvalue weighted by atomic mass is 16.5. The molecule has 3 rings (SSSR count). The number of aromatic nitrogens is 4. The first-order valence-electron chi connectivity index (χ1n) is 5.77. The minimum atomic E-state index is 0.501. The minimum absolute atomic E-state index is 0.501. The van der Waals surface area contributed by atoms with E-state index < -0.39 is 0 Å². The fraction of sp³-hybridized carbons (Fsp3) is 0.154. The van der Waals surface area contributed by atoms with Crippen LogP contribution in [0.5, 0.6) is 5.88 Å². The molecule has 0 saturated heterocycles. The Kier molecular flexibility index (Phi) is 2.56. The smallest absolute Gasteiger partial charge is 0.232 e. The van der Waals surface area contributed by atoms with Crippen molar-refractivity contribution in [1.29, 1.82) is 0 Å². The van der Waals surface area contributed by atoms with Crippen molar-refractivity contribution in [2.75, 3.05) is 12.8 Å². The second-order valence-corrected chi connectivity index (χ2v) is 4.18. The molecule has 19 heavy (non-hydrogen) atoms. The Morgan fingerprint density at radius 2 is 2.05 bits per heavy atom. The van der Waals surface area contributed by atoms with E-state index in [4.69, 9.17) is 10.5 Å². The maximum atomic E-state index is 5.97. The van der Waals surface area contributed by atoms with Gasteiger partial charge >= 0.3 is 0 Å². The van der Waals surface area contributed by atoms with Gasteiger partial charge in [-0.15, -0.1) is 0 Å². The van der Waals surface area contributed by atoms with E-state index in [1.54, 1.807) is 24.2 Å². The molecule has 0 radical (unpaired) electrons. The highest BCUT2D eigenvalue weighted by Crippen LogP contribution is 2.27. The van der Waals surface area contributed by atoms with Crippen LogP contribution in [0.3, 0.4) is 0 Å². The van der Waals surface area contributed by atoms with Crippen LogP contribution in [0.2, 0.25) is 0 Å². The van der Waals surface area contributed by atoms with Gasteiger partial charge in [0.2, 0.25) is 5.88 Å². The first-order chi connectivity index (χ1) is 9.19. The molecular formula is C13H13N5O. The normalized spacial score (nSPS) is 10.8. The molecule has 0 amide bonds. The van der Waals surface area contributed by atoms with Gasteiger partial charge in [0.25, 0.3) is 0 Å². The van der Waals surface area contributed by atoms with Crippen molar-refractivity contribution < 1.29 is 4.74 Å². The molecule has 2 N–H and O–H groups in total. The maximum absolute atomic E-state index is 5.97. The zero-order valence-electron chi connectivity index (χ0n) is 10.7. The van der Waals surface area contributed by atoms with E-state index in [9.17, 15) is 0 Å². The number of ether oxygens (including phenoxy) is 1. The average Bonchev–Trinajstić information content (AvgIpc) is 2.78. The summed E-state index contributed by atoms with van der Waals surface area (Å²) in [6, 6.07) is 5.78. The monoisotopic (exact) mass is 255 g/mol. The molecule has 0 saturated carbocycles. The van der Waals surface area contributed by atoms with E-state index in [2.05, 4.69) is 15.1 Å². The summed E-state index contributed by atoms with van der Waals surface area (Å²) in [4.78, 5) is 8.64. The van der Waals surface area contributed by atoms with Crippen LogP contribution < -0.4 is 10.5 Å². The second kappa shape index (κ2) is 4.24. The number of methoxy groups -OCH3 is 1. The third kappa shape index (κ3) is 1.87. The lowest BCUT2D eigenvalue weighted by Gasteiger charge is -2.04. The summed E-state index contributed by atoms with van der Waals surface area (Å²) in [7, 11) is 3.38. The third-order valence-corrected chi connectivity index (χ3v) is 3.02. The standard InChI is InChI=1S/C13H13N5O/c1-18-13(14)9(6-16-18)8-3-4-10-11(5-8)15-7-12(17-10)19-2/h3-7H,14H2,1-2H3. The van der Waals surface area contributed by atoms with Crippen LogP contribution in [0, 0.1) is 0 Å². The number of benzene rings is 1. The fourth-order valence-corrected chi connectivity index (χ4v) is 1.93. The van der Waals surface area contributed by atoms with Crippen LogP contribution in [0.4, 0.5) is 5.82 Å². The summed E-state index contributed by atoms with van der Waals surface area (Å²) < 4.78 is 6.69. The van der Waals surface area contributed by atoms with E-state index in [1.807, 2.05) is 25.2 Å². The van der Waals surface area contributed by atoms with Crippen molar-refractivity contribution in [1.82, 2.24) is 19.7 Å². The Morgan fingerprint density at radius 1 is 1.21 bits per heavy atom. The largest absolute Gasteiger partial charge is 0.480 e. The summed E-state index contributed by atoms with van der Waals surface area (Å²) in [6.45, 7) is 0. The molecular weight excluding hydrogens is 242 g/mol. The van der Waals surface area contributed by atoms with E-state index in [0.717, 1.165) is 22.2 Å². The first-order valence-corrected chi connectivity index (χ1v) is 5.77. The van der Waals surface area contributed by atoms with E-state index in [-0.39, 0.29) is 0 Å². The van der Waals surface area contributed by atoms with Crippen LogP contribution in [0.1, 0.15) is 0 Å². The van der Waals surface area contributed by atoms with Gasteiger partial charge in [-0.3, -0.25) is 4.68 Å². The Hall–Kier alpha value is -2.63. The van der Waals surface area contributed by atoms with Gasteiger partial charge in [-0.05, 0) is 17.7 Å². The summed E-state index contributed by atoms with van der Waals surface area (Å²) >= 11 is 0. The number of nitrogen functional groups attached to an aromatic ring is 1. The second-order valence-electron chi connectivity index (χ2n) is 4.18. The molecule has 0 atom stereocenters. The molecule has 0 bridgehead atoms. The number of aryl methyl sites for hydroxylation is 1. The number of fused-ring (bicyclic) bond motifs is 1. The first kappa shape index (κ1) is 11.5. The highest BCUT2D eigenvalue weighted by Gasteiger charge is 2.09. The van der Waals surface area contributed by atoms with Crippen molar-refractivity contribution in [3.63, 3.8) is 0 Å². The minimum Gasteiger partial charge on any atom is -0.480 e. The predicted octanol–water partition coefficient (Wildman–Crippen LogP) is 1.62. The van der Waals surface area contributed by atoms with Crippen LogP contribution in [-0.2, 0) is 7.05 Å². The van der Waals surface area contributed by atoms with E-state index >= 15 is 0 Å². The molecule has 0 spiro atoms. The maximum Gasteiger partial charge on any atom is 0.232 e. The molecule has 0 aliphatic rings. The van der Waals surface area contributed by atoms with Crippen molar-refractivity contribution in [3.8, 4) is 17.0 Å². The molecule has 2 heterocycles. The van der Waals surface area contributed by atoms with Crippen molar-refractivity contribution in [2.45, 2.75) is 0 Å². The summed E-state index contributed by atoms with van der Waals surface area (Å²) in [5, 5.41) is 4.14. The van der Waals surface area contributed by atoms with Gasteiger partial charge in [0.05, 0.1) is 30.5 Å². The van der Waals surface area contributed by atoms with Gasteiger partial charge in [-0.2, -0.15) is 5.10 Å². The molecule has 0 fully saturated rings. The molecule has 1 aromatic carbocycles. The summed E-state index contributed by atoms with van der Waals surface area (Å²) in [5.74, 6) is 1.13. The molecule has 3 aromatic rings. The SMILES string of the molecule is COc1cnc2cc(-c3cnn(C)c3N)ccc2n1. The molecule has 2 aromatic heterocycles. The fourth-order valence-electron chi connectivity index (χ4n) is 1.93. The highest BCUT2D eigenvalue weighted by molar-refractivity contribution is 5.84. The van der Waals surface area contributed by atoms with Gasteiger partial charge in [0.1, 0.15) is 5.82 Å². The number of rotatable bonds is 2. The molecule has 0 aliphatic heterocycles. The number of anilines is 1. The summed E-state index contributed by atoms with van der Waals surface area (Å²) in [6.07, 6.45) is 3.34. The van der Waals surface area contributed by atoms with E-state index in [0.29, 0.717) is 11.7 Å². The van der Waals surface area contributed by atoms with E-state index in [1.165, 1.54) is 0 Å². The van der Waals surface area contributed by atoms with Crippen LogP contribution in [-0.4, -0.2) is 26.9 Å². The zero-order chi connectivity index (χ0) is 13.4. The van der Waals surface area contributed by atoms with Gasteiger partial charge < -0.3 is 10.5 Å². The summed E-state index contributed by atoms with van der Waals surface area (Å²) in [5.41, 5.74) is 9.41. The van der Waals surface area contributed by atoms with Gasteiger partial charge in [0.15, 0.2) is 0 Å². The van der Waals surface area contributed by atoms with Gasteiger partial charge in [-0.25, -0.2) is 9.97 Å². The van der Waals surface area contributed by atoms with Gasteiger partial charge in [0, 0.05) is 12.6 Å². The number of nitrogens with zero attached hydrogens (tertiary/aromatic N) is 4. The third-order valence-electron chi connectivity index (χ3n) is 3.02. The predicted molar refractivity (Wildman–Crippen MR) is 72.7 cm³/mol. The lowest BCUT2D eigenvalue weighted by molar-refractivity contribution is 0.397. The number of nitrogens with two attached hydrogens (primary N) is 1. The van der Waals surface area contributed by atoms with Gasteiger partial charge in [-0.1, -0.05) is 6.07 Å². The zero-order valence-corrected chi connectivity index (χ0v) is 10.7. The van der Waals surface area contributed by atoms with Crippen molar-refractivity contribution in [2.24, 2.45) is 7.05 Å². The molecule has 0 aliphatic carbocycles. The van der Waals surface area contributed by atoms with Crippen LogP contribution >= 0.6 is 0 Å². The molecule has 96 valence electrons. The molecule has 0 unspecified atom stereocenters.